The van der Waals surface area contributed by atoms with Crippen molar-refractivity contribution >= 4 is 15.8 Å². The number of nitrogens with zero attached hydrogens (tertiary/aromatic N) is 2. The summed E-state index contributed by atoms with van der Waals surface area (Å²) >= 11 is 0. The van der Waals surface area contributed by atoms with Crippen LogP contribution in [-0.2, 0) is 10.0 Å². The maximum Gasteiger partial charge on any atom is 0.244 e. The second-order valence-electron chi connectivity index (χ2n) is 4.44. The number of unbranched alkanes of at least 4 members (excludes halogenated alkanes) is 2. The van der Waals surface area contributed by atoms with Gasteiger partial charge >= 0.3 is 0 Å². The summed E-state index contributed by atoms with van der Waals surface area (Å²) in [5.41, 5.74) is 0. The highest BCUT2D eigenvalue weighted by molar-refractivity contribution is 7.89. The molecule has 0 aliphatic rings. The standard InChI is InChI=1S/C13H23N3O2S/c1-4-6-7-10-16(3)19(17,18)12-8-9-13(14-5-2)15-11-12/h8-9,11H,4-7,10H2,1-3H3,(H,14,15). The first-order valence-electron chi connectivity index (χ1n) is 6.68. The van der Waals surface area contributed by atoms with Crippen molar-refractivity contribution in [3.8, 4) is 0 Å². The van der Waals surface area contributed by atoms with Crippen molar-refractivity contribution in [2.24, 2.45) is 0 Å². The average molecular weight is 285 g/mol. The topological polar surface area (TPSA) is 62.3 Å². The van der Waals surface area contributed by atoms with Crippen LogP contribution in [0.15, 0.2) is 23.2 Å². The molecule has 0 aromatic carbocycles. The van der Waals surface area contributed by atoms with Gasteiger partial charge in [0.2, 0.25) is 10.0 Å². The fourth-order valence-corrected chi connectivity index (χ4v) is 2.86. The lowest BCUT2D eigenvalue weighted by atomic mass is 10.2. The molecule has 0 saturated carbocycles. The average Bonchev–Trinajstić information content (AvgIpc) is 2.40. The fraction of sp³-hybridized carbons (Fsp3) is 0.615. The van der Waals surface area contributed by atoms with Crippen LogP contribution in [0.2, 0.25) is 0 Å². The Morgan fingerprint density at radius 3 is 2.53 bits per heavy atom. The maximum atomic E-state index is 12.3. The number of hydrogen-bond acceptors (Lipinski definition) is 4. The minimum Gasteiger partial charge on any atom is -0.370 e. The van der Waals surface area contributed by atoms with E-state index in [0.29, 0.717) is 12.4 Å². The third kappa shape index (κ3) is 4.47. The van der Waals surface area contributed by atoms with E-state index in [1.165, 1.54) is 10.5 Å². The van der Waals surface area contributed by atoms with Crippen LogP contribution in [0.5, 0.6) is 0 Å². The molecule has 5 nitrogen and oxygen atoms in total. The van der Waals surface area contributed by atoms with Crippen LogP contribution in [0.25, 0.3) is 0 Å². The zero-order valence-corrected chi connectivity index (χ0v) is 12.7. The highest BCUT2D eigenvalue weighted by Crippen LogP contribution is 2.15. The molecule has 0 bridgehead atoms. The second kappa shape index (κ2) is 7.45. The molecule has 6 heteroatoms. The molecular weight excluding hydrogens is 262 g/mol. The van der Waals surface area contributed by atoms with Gasteiger partial charge in [0.25, 0.3) is 0 Å². The predicted molar refractivity (Wildman–Crippen MR) is 77.7 cm³/mol. The van der Waals surface area contributed by atoms with Gasteiger partial charge in [-0.25, -0.2) is 17.7 Å². The van der Waals surface area contributed by atoms with Crippen molar-refractivity contribution in [3.05, 3.63) is 18.3 Å². The molecular formula is C13H23N3O2S. The van der Waals surface area contributed by atoms with Crippen LogP contribution in [0, 0.1) is 0 Å². The quantitative estimate of drug-likeness (QED) is 0.745. The maximum absolute atomic E-state index is 12.3. The van der Waals surface area contributed by atoms with Crippen LogP contribution in [0.3, 0.4) is 0 Å². The number of sulfonamides is 1. The van der Waals surface area contributed by atoms with Gasteiger partial charge in [0.15, 0.2) is 0 Å². The Balaban J connectivity index is 2.75. The van der Waals surface area contributed by atoms with Crippen molar-refractivity contribution in [1.29, 1.82) is 0 Å². The summed E-state index contributed by atoms with van der Waals surface area (Å²) in [6.07, 6.45) is 4.41. The third-order valence-electron chi connectivity index (χ3n) is 2.88. The first-order valence-corrected chi connectivity index (χ1v) is 8.12. The van der Waals surface area contributed by atoms with E-state index in [-0.39, 0.29) is 4.90 Å². The van der Waals surface area contributed by atoms with E-state index in [1.807, 2.05) is 6.92 Å². The minimum absolute atomic E-state index is 0.244. The van der Waals surface area contributed by atoms with Crippen molar-refractivity contribution < 1.29 is 8.42 Å². The molecule has 1 aromatic rings. The van der Waals surface area contributed by atoms with E-state index in [4.69, 9.17) is 0 Å². The molecule has 19 heavy (non-hydrogen) atoms. The number of anilines is 1. The molecule has 0 fully saturated rings. The lowest BCUT2D eigenvalue weighted by molar-refractivity contribution is 0.454. The third-order valence-corrected chi connectivity index (χ3v) is 4.72. The number of pyridine rings is 1. The Hall–Kier alpha value is -1.14. The van der Waals surface area contributed by atoms with Crippen molar-refractivity contribution in [2.45, 2.75) is 38.0 Å². The Kier molecular flexibility index (Phi) is 6.24. The summed E-state index contributed by atoms with van der Waals surface area (Å²) < 4.78 is 25.9. The number of hydrogen-bond donors (Lipinski definition) is 1. The molecule has 1 aromatic heterocycles. The van der Waals surface area contributed by atoms with Crippen molar-refractivity contribution in [3.63, 3.8) is 0 Å². The monoisotopic (exact) mass is 285 g/mol. The number of aromatic nitrogens is 1. The van der Waals surface area contributed by atoms with Gasteiger partial charge in [-0.05, 0) is 25.5 Å². The molecule has 0 aliphatic carbocycles. The summed E-state index contributed by atoms with van der Waals surface area (Å²) in [4.78, 5) is 4.34. The normalized spacial score (nSPS) is 11.8. The minimum atomic E-state index is -3.41. The molecule has 0 radical (unpaired) electrons. The van der Waals surface area contributed by atoms with Crippen LogP contribution in [-0.4, -0.2) is 37.8 Å². The SMILES string of the molecule is CCCCCN(C)S(=O)(=O)c1ccc(NCC)nc1. The molecule has 0 unspecified atom stereocenters. The van der Waals surface area contributed by atoms with E-state index >= 15 is 0 Å². The van der Waals surface area contributed by atoms with Gasteiger partial charge in [-0.2, -0.15) is 0 Å². The molecule has 1 N–H and O–H groups in total. The fourth-order valence-electron chi connectivity index (χ4n) is 1.70. The van der Waals surface area contributed by atoms with E-state index in [9.17, 15) is 8.42 Å². The zero-order chi connectivity index (χ0) is 14.3. The zero-order valence-electron chi connectivity index (χ0n) is 11.9. The van der Waals surface area contributed by atoms with Crippen LogP contribution < -0.4 is 5.32 Å². The molecule has 1 rings (SSSR count). The Bertz CT molecular complexity index is 471. The van der Waals surface area contributed by atoms with Crippen LogP contribution in [0.4, 0.5) is 5.82 Å². The molecule has 1 heterocycles. The number of rotatable bonds is 8. The van der Waals surface area contributed by atoms with Gasteiger partial charge in [0.05, 0.1) is 0 Å². The molecule has 0 atom stereocenters. The highest BCUT2D eigenvalue weighted by atomic mass is 32.2. The Morgan fingerprint density at radius 1 is 1.26 bits per heavy atom. The second-order valence-corrected chi connectivity index (χ2v) is 6.49. The summed E-state index contributed by atoms with van der Waals surface area (Å²) in [5.74, 6) is 0.690. The summed E-state index contributed by atoms with van der Waals surface area (Å²) in [6, 6.07) is 3.28. The van der Waals surface area contributed by atoms with Crippen molar-refractivity contribution in [1.82, 2.24) is 9.29 Å². The van der Waals surface area contributed by atoms with Crippen LogP contribution >= 0.6 is 0 Å². The van der Waals surface area contributed by atoms with Gasteiger partial charge < -0.3 is 5.32 Å². The molecule has 0 aliphatic heterocycles. The lowest BCUT2D eigenvalue weighted by Gasteiger charge is -2.17. The summed E-state index contributed by atoms with van der Waals surface area (Å²) in [6.45, 7) is 5.37. The molecule has 108 valence electrons. The summed E-state index contributed by atoms with van der Waals surface area (Å²) in [5, 5.41) is 3.04. The highest BCUT2D eigenvalue weighted by Gasteiger charge is 2.20. The van der Waals surface area contributed by atoms with Crippen molar-refractivity contribution in [2.75, 3.05) is 25.5 Å². The van der Waals surface area contributed by atoms with E-state index in [0.717, 1.165) is 25.8 Å². The van der Waals surface area contributed by atoms with Gasteiger partial charge in [-0.1, -0.05) is 19.8 Å². The number of nitrogens with one attached hydrogen (secondary N) is 1. The molecule has 0 saturated heterocycles. The predicted octanol–water partition coefficient (Wildman–Crippen LogP) is 2.32. The largest absolute Gasteiger partial charge is 0.370 e. The van der Waals surface area contributed by atoms with E-state index in [2.05, 4.69) is 17.2 Å². The Labute approximate surface area is 116 Å². The smallest absolute Gasteiger partial charge is 0.244 e. The molecule has 0 amide bonds. The first-order chi connectivity index (χ1) is 9.02. The molecule has 0 spiro atoms. The van der Waals surface area contributed by atoms with Gasteiger partial charge in [-0.3, -0.25) is 0 Å². The lowest BCUT2D eigenvalue weighted by Crippen LogP contribution is -2.28. The summed E-state index contributed by atoms with van der Waals surface area (Å²) in [7, 11) is -1.79. The van der Waals surface area contributed by atoms with Gasteiger partial charge in [-0.15, -0.1) is 0 Å². The first kappa shape index (κ1) is 15.9. The van der Waals surface area contributed by atoms with E-state index < -0.39 is 10.0 Å². The van der Waals surface area contributed by atoms with E-state index in [1.54, 1.807) is 19.2 Å². The van der Waals surface area contributed by atoms with Gasteiger partial charge in [0, 0.05) is 26.3 Å². The van der Waals surface area contributed by atoms with Crippen LogP contribution in [0.1, 0.15) is 33.1 Å². The Morgan fingerprint density at radius 2 is 2.00 bits per heavy atom. The van der Waals surface area contributed by atoms with Gasteiger partial charge in [0.1, 0.15) is 10.7 Å².